The summed E-state index contributed by atoms with van der Waals surface area (Å²) in [5.74, 6) is 0.701. The van der Waals surface area contributed by atoms with Crippen LogP contribution in [0.25, 0.3) is 28.3 Å². The average molecular weight is 601 g/mol. The molecular formula is C30H36N10O4. The van der Waals surface area contributed by atoms with Gasteiger partial charge in [0.05, 0.1) is 17.8 Å². The first kappa shape index (κ1) is 29.1. The number of fused-ring (bicyclic) bond motifs is 3. The number of aromatic nitrogens is 6. The summed E-state index contributed by atoms with van der Waals surface area (Å²) < 4.78 is 14.0. The minimum atomic E-state index is -1.26. The van der Waals surface area contributed by atoms with E-state index < -0.39 is 11.1 Å². The third kappa shape index (κ3) is 5.43. The molecule has 230 valence electrons. The van der Waals surface area contributed by atoms with Crippen molar-refractivity contribution >= 4 is 34.6 Å². The summed E-state index contributed by atoms with van der Waals surface area (Å²) in [5, 5.41) is 12.8. The number of furan rings is 1. The number of nitrogens with one attached hydrogen (secondary N) is 1. The molecule has 0 bridgehead atoms. The second-order valence-electron chi connectivity index (χ2n) is 11.9. The van der Waals surface area contributed by atoms with Crippen molar-refractivity contribution in [3.8, 4) is 11.6 Å². The Labute approximate surface area is 253 Å². The number of hydrogen-bond donors (Lipinski definition) is 2. The van der Waals surface area contributed by atoms with E-state index in [1.807, 2.05) is 58.0 Å². The van der Waals surface area contributed by atoms with Gasteiger partial charge in [-0.05, 0) is 45.4 Å². The molecule has 0 spiro atoms. The highest BCUT2D eigenvalue weighted by molar-refractivity contribution is 5.94. The fraction of sp³-hybridized carbons (Fsp3) is 0.400. The van der Waals surface area contributed by atoms with Crippen molar-refractivity contribution in [1.82, 2.24) is 44.5 Å². The summed E-state index contributed by atoms with van der Waals surface area (Å²) >= 11 is 0. The Morgan fingerprint density at radius 1 is 1.00 bits per heavy atom. The van der Waals surface area contributed by atoms with Crippen LogP contribution in [0, 0.1) is 0 Å². The van der Waals surface area contributed by atoms with Gasteiger partial charge in [0.2, 0.25) is 11.8 Å². The number of ether oxygens (including phenoxy) is 1. The van der Waals surface area contributed by atoms with Crippen LogP contribution in [0.2, 0.25) is 0 Å². The topological polar surface area (TPSA) is 162 Å². The van der Waals surface area contributed by atoms with E-state index in [-0.39, 0.29) is 17.9 Å². The first-order valence-electron chi connectivity index (χ1n) is 14.5. The first-order chi connectivity index (χ1) is 21.0. The van der Waals surface area contributed by atoms with Gasteiger partial charge in [-0.3, -0.25) is 9.69 Å². The van der Waals surface area contributed by atoms with Crippen molar-refractivity contribution in [2.75, 3.05) is 45.0 Å². The third-order valence-electron chi connectivity index (χ3n) is 7.71. The number of hydrogen-bond acceptors (Lipinski definition) is 10. The van der Waals surface area contributed by atoms with Crippen molar-refractivity contribution < 1.29 is 18.7 Å². The predicted octanol–water partition coefficient (Wildman–Crippen LogP) is 2.75. The van der Waals surface area contributed by atoms with Crippen LogP contribution in [0.15, 0.2) is 59.3 Å². The normalized spacial score (nSPS) is 15.9. The lowest BCUT2D eigenvalue weighted by Crippen LogP contribution is -2.53. The summed E-state index contributed by atoms with van der Waals surface area (Å²) in [6.45, 7) is 10.9. The first-order valence-corrected chi connectivity index (χ1v) is 14.5. The number of nitrogen functional groups attached to an aromatic ring is 1. The molecule has 14 nitrogen and oxygen atoms in total. The fourth-order valence-corrected chi connectivity index (χ4v) is 5.34. The lowest BCUT2D eigenvalue weighted by Gasteiger charge is -2.36. The molecule has 1 atom stereocenters. The number of carbonyl (C=O) groups is 2. The Kier molecular flexibility index (Phi) is 7.45. The molecule has 4 aromatic heterocycles. The van der Waals surface area contributed by atoms with Crippen molar-refractivity contribution in [2.45, 2.75) is 38.8 Å². The van der Waals surface area contributed by atoms with Gasteiger partial charge in [0.15, 0.2) is 22.6 Å². The maximum absolute atomic E-state index is 14.1. The third-order valence-corrected chi connectivity index (χ3v) is 7.71. The van der Waals surface area contributed by atoms with Crippen LogP contribution in [-0.4, -0.2) is 96.0 Å². The molecule has 6 rings (SSSR count). The summed E-state index contributed by atoms with van der Waals surface area (Å²) in [6, 6.07) is 12.9. The average Bonchev–Trinajstić information content (AvgIpc) is 3.77. The van der Waals surface area contributed by atoms with E-state index in [1.54, 1.807) is 34.2 Å². The second kappa shape index (κ2) is 11.3. The largest absolute Gasteiger partial charge is 0.461 e. The fourth-order valence-electron chi connectivity index (χ4n) is 5.34. The maximum Gasteiger partial charge on any atom is 0.410 e. The van der Waals surface area contributed by atoms with Crippen LogP contribution in [0.1, 0.15) is 33.3 Å². The molecule has 5 heterocycles. The SMILES string of the molecule is CC(C)(C)OC(=O)N1CCN(CCNC(=O)C(C)(c2ccccc2)n2ncc3c2nc(N)n2nc(-c4ccco4)nc32)CC1. The number of amides is 2. The second-order valence-corrected chi connectivity index (χ2v) is 11.9. The lowest BCUT2D eigenvalue weighted by atomic mass is 9.91. The van der Waals surface area contributed by atoms with Crippen molar-refractivity contribution in [1.29, 1.82) is 0 Å². The zero-order chi connectivity index (χ0) is 31.1. The molecule has 44 heavy (non-hydrogen) atoms. The minimum absolute atomic E-state index is 0.0981. The van der Waals surface area contributed by atoms with Crippen LogP contribution >= 0.6 is 0 Å². The van der Waals surface area contributed by atoms with Crippen LogP contribution in [0.3, 0.4) is 0 Å². The van der Waals surface area contributed by atoms with E-state index in [1.165, 1.54) is 4.52 Å². The van der Waals surface area contributed by atoms with Crippen LogP contribution in [-0.2, 0) is 15.1 Å². The van der Waals surface area contributed by atoms with Gasteiger partial charge < -0.3 is 25.1 Å². The van der Waals surface area contributed by atoms with Gasteiger partial charge in [0.1, 0.15) is 5.60 Å². The number of rotatable bonds is 7. The van der Waals surface area contributed by atoms with Gasteiger partial charge in [-0.15, -0.1) is 5.10 Å². The number of nitrogens with two attached hydrogens (primary N) is 1. The van der Waals surface area contributed by atoms with Gasteiger partial charge >= 0.3 is 6.09 Å². The summed E-state index contributed by atoms with van der Waals surface area (Å²) in [4.78, 5) is 39.7. The monoisotopic (exact) mass is 600 g/mol. The highest BCUT2D eigenvalue weighted by Gasteiger charge is 2.40. The summed E-state index contributed by atoms with van der Waals surface area (Å²) in [6.07, 6.45) is 2.87. The standard InChI is InChI=1S/C30H36N10O4/c1-29(2,3)44-28(42)38-16-14-37(15-17-38)13-12-32-26(41)30(4,20-9-6-5-7-10-20)40-25-21(19-33-40)24-34-23(22-11-8-18-43-22)36-39(24)27(31)35-25/h5-11,18-19H,12-17H2,1-4H3,(H2,31,35)(H,32,41). The van der Waals surface area contributed by atoms with E-state index in [0.717, 1.165) is 5.56 Å². The van der Waals surface area contributed by atoms with Crippen LogP contribution in [0.5, 0.6) is 0 Å². The van der Waals surface area contributed by atoms with Crippen molar-refractivity contribution in [3.05, 3.63) is 60.5 Å². The van der Waals surface area contributed by atoms with Gasteiger partial charge in [-0.2, -0.15) is 14.6 Å². The molecule has 1 unspecified atom stereocenters. The number of nitrogens with zero attached hydrogens (tertiary/aromatic N) is 8. The highest BCUT2D eigenvalue weighted by Crippen LogP contribution is 2.31. The molecule has 1 fully saturated rings. The Morgan fingerprint density at radius 3 is 2.43 bits per heavy atom. The smallest absolute Gasteiger partial charge is 0.410 e. The Morgan fingerprint density at radius 2 is 1.75 bits per heavy atom. The molecule has 14 heteroatoms. The maximum atomic E-state index is 14.1. The predicted molar refractivity (Wildman–Crippen MR) is 163 cm³/mol. The van der Waals surface area contributed by atoms with Crippen molar-refractivity contribution in [2.24, 2.45) is 0 Å². The molecular weight excluding hydrogens is 564 g/mol. The molecule has 1 aliphatic heterocycles. The van der Waals surface area contributed by atoms with Crippen LogP contribution < -0.4 is 11.1 Å². The molecule has 5 aromatic rings. The summed E-state index contributed by atoms with van der Waals surface area (Å²) in [7, 11) is 0. The van der Waals surface area contributed by atoms with Gasteiger partial charge in [0.25, 0.3) is 5.91 Å². The van der Waals surface area contributed by atoms with E-state index in [2.05, 4.69) is 30.4 Å². The molecule has 1 aliphatic rings. The molecule has 1 saturated heterocycles. The molecule has 1 aromatic carbocycles. The van der Waals surface area contributed by atoms with E-state index in [4.69, 9.17) is 14.9 Å². The Bertz CT molecular complexity index is 1780. The van der Waals surface area contributed by atoms with Crippen molar-refractivity contribution in [3.63, 3.8) is 0 Å². The number of anilines is 1. The number of carbonyl (C=O) groups excluding carboxylic acids is 2. The highest BCUT2D eigenvalue weighted by atomic mass is 16.6. The minimum Gasteiger partial charge on any atom is -0.461 e. The van der Waals surface area contributed by atoms with E-state index >= 15 is 0 Å². The Balaban J connectivity index is 1.22. The molecule has 2 amide bonds. The molecule has 3 N–H and O–H groups in total. The molecule has 0 aliphatic carbocycles. The van der Waals surface area contributed by atoms with Gasteiger partial charge in [0, 0.05) is 39.3 Å². The zero-order valence-electron chi connectivity index (χ0n) is 25.2. The van der Waals surface area contributed by atoms with Gasteiger partial charge in [-0.25, -0.2) is 14.5 Å². The van der Waals surface area contributed by atoms with Crippen LogP contribution in [0.4, 0.5) is 10.7 Å². The number of piperazine rings is 1. The molecule has 0 saturated carbocycles. The quantitative estimate of drug-likeness (QED) is 0.284. The zero-order valence-corrected chi connectivity index (χ0v) is 25.2. The van der Waals surface area contributed by atoms with Gasteiger partial charge in [-0.1, -0.05) is 30.3 Å². The summed E-state index contributed by atoms with van der Waals surface area (Å²) in [5.41, 5.74) is 6.11. The molecule has 0 radical (unpaired) electrons. The number of benzene rings is 1. The van der Waals surface area contributed by atoms with E-state index in [0.29, 0.717) is 67.5 Å². The Hall–Kier alpha value is -4.98. The van der Waals surface area contributed by atoms with E-state index in [9.17, 15) is 9.59 Å². The lowest BCUT2D eigenvalue weighted by molar-refractivity contribution is -0.127.